The van der Waals surface area contributed by atoms with Crippen LogP contribution in [0.15, 0.2) is 0 Å². The van der Waals surface area contributed by atoms with Crippen molar-refractivity contribution in [3.05, 3.63) is 0 Å². The summed E-state index contributed by atoms with van der Waals surface area (Å²) in [6.45, 7) is 3.92. The van der Waals surface area contributed by atoms with E-state index in [0.717, 1.165) is 0 Å². The van der Waals surface area contributed by atoms with Gasteiger partial charge < -0.3 is 9.80 Å². The molecule has 0 aromatic rings. The third kappa shape index (κ3) is 1.27. The van der Waals surface area contributed by atoms with Gasteiger partial charge in [0.25, 0.3) is 0 Å². The molecule has 0 N–H and O–H groups in total. The smallest absolute Gasteiger partial charge is 0.0231 e. The van der Waals surface area contributed by atoms with Crippen LogP contribution in [-0.2, 0) is 0 Å². The highest BCUT2D eigenvalue weighted by Crippen LogP contribution is 2.36. The molecule has 12 heavy (non-hydrogen) atoms. The van der Waals surface area contributed by atoms with Crippen molar-refractivity contribution >= 4 is 0 Å². The minimum absolute atomic E-state index is 0.604. The molecule has 0 amide bonds. The molecule has 2 aliphatic heterocycles. The normalized spacial score (nSPS) is 31.5. The van der Waals surface area contributed by atoms with Crippen LogP contribution in [0.3, 0.4) is 0 Å². The van der Waals surface area contributed by atoms with Gasteiger partial charge in [0.05, 0.1) is 0 Å². The fourth-order valence-electron chi connectivity index (χ4n) is 2.74. The fourth-order valence-corrected chi connectivity index (χ4v) is 2.74. The van der Waals surface area contributed by atoms with Crippen LogP contribution in [-0.4, -0.2) is 49.1 Å². The number of rotatable bonds is 0. The van der Waals surface area contributed by atoms with Gasteiger partial charge in [0.2, 0.25) is 0 Å². The lowest BCUT2D eigenvalue weighted by Gasteiger charge is -2.42. The summed E-state index contributed by atoms with van der Waals surface area (Å²) in [5.74, 6) is 0. The third-order valence-corrected chi connectivity index (χ3v) is 3.86. The predicted molar refractivity (Wildman–Crippen MR) is 51.3 cm³/mol. The van der Waals surface area contributed by atoms with Gasteiger partial charge in [-0.25, -0.2) is 0 Å². The van der Waals surface area contributed by atoms with E-state index in [-0.39, 0.29) is 0 Å². The molecule has 2 fully saturated rings. The Morgan fingerprint density at radius 1 is 0.917 bits per heavy atom. The Kier molecular flexibility index (Phi) is 2.13. The second-order valence-corrected chi connectivity index (χ2v) is 4.55. The number of likely N-dealkylation sites (tertiary alicyclic amines) is 2. The summed E-state index contributed by atoms with van der Waals surface area (Å²) in [5.41, 5.74) is 0.604. The Balaban J connectivity index is 2.02. The Hall–Kier alpha value is -0.0800. The fraction of sp³-hybridized carbons (Fsp3) is 1.00. The van der Waals surface area contributed by atoms with Gasteiger partial charge in [-0.2, -0.15) is 0 Å². The summed E-state index contributed by atoms with van der Waals surface area (Å²) in [7, 11) is 4.54. The van der Waals surface area contributed by atoms with Crippen LogP contribution in [0.1, 0.15) is 25.7 Å². The first kappa shape index (κ1) is 8.52. The zero-order valence-corrected chi connectivity index (χ0v) is 8.34. The summed E-state index contributed by atoms with van der Waals surface area (Å²) in [6.07, 6.45) is 5.64. The van der Waals surface area contributed by atoms with Crippen molar-refractivity contribution in [2.45, 2.75) is 31.2 Å². The first-order chi connectivity index (χ1) is 5.73. The molecule has 1 spiro atoms. The topological polar surface area (TPSA) is 6.48 Å². The monoisotopic (exact) mass is 168 g/mol. The molecule has 2 saturated heterocycles. The van der Waals surface area contributed by atoms with E-state index < -0.39 is 0 Å². The van der Waals surface area contributed by atoms with Gasteiger partial charge in [0.15, 0.2) is 0 Å². The van der Waals surface area contributed by atoms with E-state index in [1.54, 1.807) is 0 Å². The van der Waals surface area contributed by atoms with Crippen LogP contribution in [0, 0.1) is 0 Å². The molecule has 0 atom stereocenters. The zero-order chi connectivity index (χ0) is 8.60. The van der Waals surface area contributed by atoms with Gasteiger partial charge in [-0.15, -0.1) is 0 Å². The SMILES string of the molecule is CN1CCC2(CCCN2C)CC1. The van der Waals surface area contributed by atoms with Crippen molar-refractivity contribution in [3.8, 4) is 0 Å². The molecular weight excluding hydrogens is 148 g/mol. The van der Waals surface area contributed by atoms with E-state index in [1.165, 1.54) is 45.3 Å². The molecule has 0 radical (unpaired) electrons. The van der Waals surface area contributed by atoms with Gasteiger partial charge in [0.1, 0.15) is 0 Å². The van der Waals surface area contributed by atoms with E-state index >= 15 is 0 Å². The van der Waals surface area contributed by atoms with E-state index in [1.807, 2.05) is 0 Å². The van der Waals surface area contributed by atoms with Crippen molar-refractivity contribution in [3.63, 3.8) is 0 Å². The summed E-state index contributed by atoms with van der Waals surface area (Å²) in [6, 6.07) is 0. The van der Waals surface area contributed by atoms with Gasteiger partial charge in [-0.3, -0.25) is 0 Å². The average Bonchev–Trinajstić information content (AvgIpc) is 2.41. The van der Waals surface area contributed by atoms with Crippen molar-refractivity contribution < 1.29 is 0 Å². The van der Waals surface area contributed by atoms with Crippen LogP contribution >= 0.6 is 0 Å². The van der Waals surface area contributed by atoms with E-state index in [9.17, 15) is 0 Å². The zero-order valence-electron chi connectivity index (χ0n) is 8.34. The summed E-state index contributed by atoms with van der Waals surface area (Å²) in [5, 5.41) is 0. The van der Waals surface area contributed by atoms with E-state index in [4.69, 9.17) is 0 Å². The highest BCUT2D eigenvalue weighted by molar-refractivity contribution is 4.97. The molecule has 0 unspecified atom stereocenters. The minimum atomic E-state index is 0.604. The Morgan fingerprint density at radius 2 is 1.58 bits per heavy atom. The van der Waals surface area contributed by atoms with Crippen LogP contribution in [0.2, 0.25) is 0 Å². The molecule has 70 valence electrons. The maximum absolute atomic E-state index is 2.60. The van der Waals surface area contributed by atoms with E-state index in [2.05, 4.69) is 23.9 Å². The summed E-state index contributed by atoms with van der Waals surface area (Å²) >= 11 is 0. The van der Waals surface area contributed by atoms with Crippen molar-refractivity contribution in [1.82, 2.24) is 9.80 Å². The summed E-state index contributed by atoms with van der Waals surface area (Å²) in [4.78, 5) is 5.05. The molecule has 2 heteroatoms. The summed E-state index contributed by atoms with van der Waals surface area (Å²) < 4.78 is 0. The molecule has 2 rings (SSSR count). The van der Waals surface area contributed by atoms with Crippen molar-refractivity contribution in [1.29, 1.82) is 0 Å². The second kappa shape index (κ2) is 3.00. The number of hydrogen-bond donors (Lipinski definition) is 0. The first-order valence-corrected chi connectivity index (χ1v) is 5.13. The quantitative estimate of drug-likeness (QED) is 0.536. The lowest BCUT2D eigenvalue weighted by Crippen LogP contribution is -2.49. The number of nitrogens with zero attached hydrogens (tertiary/aromatic N) is 2. The number of piperidine rings is 1. The predicted octanol–water partition coefficient (Wildman–Crippen LogP) is 1.18. The molecule has 0 aromatic carbocycles. The second-order valence-electron chi connectivity index (χ2n) is 4.55. The highest BCUT2D eigenvalue weighted by Gasteiger charge is 2.40. The van der Waals surface area contributed by atoms with Crippen LogP contribution in [0.5, 0.6) is 0 Å². The van der Waals surface area contributed by atoms with E-state index in [0.29, 0.717) is 5.54 Å². The Bertz CT molecular complexity index is 159. The van der Waals surface area contributed by atoms with Crippen molar-refractivity contribution in [2.24, 2.45) is 0 Å². The van der Waals surface area contributed by atoms with Gasteiger partial charge in [-0.05, 0) is 59.4 Å². The lowest BCUT2D eigenvalue weighted by atomic mass is 9.85. The van der Waals surface area contributed by atoms with Gasteiger partial charge >= 0.3 is 0 Å². The molecule has 2 aliphatic rings. The number of hydrogen-bond acceptors (Lipinski definition) is 2. The highest BCUT2D eigenvalue weighted by atomic mass is 15.2. The average molecular weight is 168 g/mol. The first-order valence-electron chi connectivity index (χ1n) is 5.13. The maximum Gasteiger partial charge on any atom is 0.0231 e. The molecular formula is C10H20N2. The van der Waals surface area contributed by atoms with Crippen LogP contribution < -0.4 is 0 Å². The van der Waals surface area contributed by atoms with Crippen molar-refractivity contribution in [2.75, 3.05) is 33.7 Å². The minimum Gasteiger partial charge on any atom is -0.306 e. The van der Waals surface area contributed by atoms with Crippen LogP contribution in [0.25, 0.3) is 0 Å². The molecule has 0 aliphatic carbocycles. The molecule has 2 heterocycles. The Morgan fingerprint density at radius 3 is 2.08 bits per heavy atom. The molecule has 0 bridgehead atoms. The van der Waals surface area contributed by atoms with Gasteiger partial charge in [-0.1, -0.05) is 0 Å². The third-order valence-electron chi connectivity index (χ3n) is 3.86. The Labute approximate surface area is 75.5 Å². The van der Waals surface area contributed by atoms with Gasteiger partial charge in [0, 0.05) is 5.54 Å². The largest absolute Gasteiger partial charge is 0.306 e. The molecule has 0 aromatic heterocycles. The maximum atomic E-state index is 2.60. The molecule has 0 saturated carbocycles. The standard InChI is InChI=1S/C10H20N2/c1-11-8-5-10(6-9-11)4-3-7-12(10)2/h3-9H2,1-2H3. The lowest BCUT2D eigenvalue weighted by molar-refractivity contribution is 0.0825. The molecule has 2 nitrogen and oxygen atoms in total. The van der Waals surface area contributed by atoms with Crippen LogP contribution in [0.4, 0.5) is 0 Å².